The van der Waals surface area contributed by atoms with Gasteiger partial charge in [0.1, 0.15) is 17.4 Å². The summed E-state index contributed by atoms with van der Waals surface area (Å²) in [6.45, 7) is 1.80. The van der Waals surface area contributed by atoms with Gasteiger partial charge in [0.15, 0.2) is 6.61 Å². The Balaban J connectivity index is 1.56. The van der Waals surface area contributed by atoms with Crippen LogP contribution in [0.2, 0.25) is 0 Å². The molecule has 0 atom stereocenters. The van der Waals surface area contributed by atoms with E-state index in [-0.39, 0.29) is 24.0 Å². The molecular weight excluding hydrogens is 497 g/mol. The summed E-state index contributed by atoms with van der Waals surface area (Å²) in [5.74, 6) is -0.0395. The van der Waals surface area contributed by atoms with Gasteiger partial charge < -0.3 is 19.7 Å². The van der Waals surface area contributed by atoms with Crippen molar-refractivity contribution < 1.29 is 19.1 Å². The first kappa shape index (κ1) is 21.8. The summed E-state index contributed by atoms with van der Waals surface area (Å²) in [6, 6.07) is 16.3. The number of halogens is 1. The predicted octanol–water partition coefficient (Wildman–Crippen LogP) is 3.07. The molecule has 0 unspecified atom stereocenters. The number of amides is 2. The zero-order chi connectivity index (χ0) is 21.3. The van der Waals surface area contributed by atoms with E-state index in [1.54, 1.807) is 35.2 Å². The molecule has 8 heteroatoms. The number of anilines is 1. The maximum absolute atomic E-state index is 12.5. The number of para-hydroxylation sites is 1. The number of carbonyl (C=O) groups is 2. The molecule has 1 saturated heterocycles. The van der Waals surface area contributed by atoms with E-state index in [4.69, 9.17) is 9.47 Å². The van der Waals surface area contributed by atoms with Crippen LogP contribution in [0, 0.1) is 14.9 Å². The predicted molar refractivity (Wildman–Crippen MR) is 121 cm³/mol. The fourth-order valence-electron chi connectivity index (χ4n) is 2.80. The fraction of sp³-hybridized carbons (Fsp3) is 0.227. The summed E-state index contributed by atoms with van der Waals surface area (Å²) >= 11 is 2.15. The molecule has 0 bridgehead atoms. The molecule has 2 aromatic rings. The molecule has 0 aliphatic carbocycles. The lowest BCUT2D eigenvalue weighted by Gasteiger charge is -2.26. The standard InChI is InChI=1S/C22H20IN3O4/c23-19-3-1-2-4-20(19)25-21(27)15-30-18-7-5-16(6-8-18)13-17(14-24)22(28)26-9-11-29-12-10-26/h1-8,13H,9-12,15H2,(H,25,27)/b17-13+. The van der Waals surface area contributed by atoms with Gasteiger partial charge in [-0.25, -0.2) is 0 Å². The molecule has 2 aromatic carbocycles. The van der Waals surface area contributed by atoms with E-state index in [1.807, 2.05) is 30.3 Å². The number of hydrogen-bond acceptors (Lipinski definition) is 5. The Labute approximate surface area is 188 Å². The lowest BCUT2D eigenvalue weighted by Crippen LogP contribution is -2.41. The van der Waals surface area contributed by atoms with Gasteiger partial charge in [0.2, 0.25) is 0 Å². The number of benzene rings is 2. The van der Waals surface area contributed by atoms with Crippen LogP contribution in [0.5, 0.6) is 5.75 Å². The van der Waals surface area contributed by atoms with Crippen molar-refractivity contribution in [3.8, 4) is 11.8 Å². The molecule has 154 valence electrons. The number of morpholine rings is 1. The fourth-order valence-corrected chi connectivity index (χ4v) is 3.33. The highest BCUT2D eigenvalue weighted by atomic mass is 127. The van der Waals surface area contributed by atoms with Gasteiger partial charge in [-0.15, -0.1) is 0 Å². The molecule has 1 N–H and O–H groups in total. The number of rotatable bonds is 6. The molecule has 2 amide bonds. The second kappa shape index (κ2) is 10.8. The van der Waals surface area contributed by atoms with E-state index in [0.29, 0.717) is 37.6 Å². The highest BCUT2D eigenvalue weighted by molar-refractivity contribution is 14.1. The van der Waals surface area contributed by atoms with E-state index in [0.717, 1.165) is 9.26 Å². The van der Waals surface area contributed by atoms with Crippen molar-refractivity contribution in [2.75, 3.05) is 38.2 Å². The first-order valence-electron chi connectivity index (χ1n) is 9.33. The van der Waals surface area contributed by atoms with E-state index in [1.165, 1.54) is 0 Å². The summed E-state index contributed by atoms with van der Waals surface area (Å²) in [5, 5.41) is 12.2. The summed E-state index contributed by atoms with van der Waals surface area (Å²) in [6.07, 6.45) is 1.55. The van der Waals surface area contributed by atoms with E-state index >= 15 is 0 Å². The first-order chi connectivity index (χ1) is 14.6. The van der Waals surface area contributed by atoms with Crippen molar-refractivity contribution in [3.63, 3.8) is 0 Å². The minimum absolute atomic E-state index is 0.0717. The summed E-state index contributed by atoms with van der Waals surface area (Å²) in [5.41, 5.74) is 1.51. The first-order valence-corrected chi connectivity index (χ1v) is 10.4. The molecule has 1 aliphatic heterocycles. The number of carbonyl (C=O) groups excluding carboxylic acids is 2. The Hall–Kier alpha value is -2.90. The zero-order valence-electron chi connectivity index (χ0n) is 16.1. The Morgan fingerprint density at radius 3 is 2.53 bits per heavy atom. The summed E-state index contributed by atoms with van der Waals surface area (Å²) in [7, 11) is 0. The van der Waals surface area contributed by atoms with Crippen LogP contribution in [0.25, 0.3) is 6.08 Å². The molecule has 1 aliphatic rings. The van der Waals surface area contributed by atoms with E-state index in [9.17, 15) is 14.9 Å². The Morgan fingerprint density at radius 2 is 1.87 bits per heavy atom. The lowest BCUT2D eigenvalue weighted by molar-refractivity contribution is -0.130. The minimum atomic E-state index is -0.298. The van der Waals surface area contributed by atoms with E-state index < -0.39 is 0 Å². The number of hydrogen-bond donors (Lipinski definition) is 1. The van der Waals surface area contributed by atoms with Crippen molar-refractivity contribution in [3.05, 3.63) is 63.2 Å². The van der Waals surface area contributed by atoms with Gasteiger partial charge >= 0.3 is 0 Å². The molecule has 0 aromatic heterocycles. The van der Waals surface area contributed by atoms with Gasteiger partial charge in [-0.2, -0.15) is 5.26 Å². The SMILES string of the molecule is N#C/C(=C\c1ccc(OCC(=O)Nc2ccccc2I)cc1)C(=O)N1CCOCC1. The maximum atomic E-state index is 12.5. The second-order valence-electron chi connectivity index (χ2n) is 6.46. The molecule has 1 fully saturated rings. The van der Waals surface area contributed by atoms with Gasteiger partial charge in [-0.05, 0) is 58.5 Å². The third-order valence-corrected chi connectivity index (χ3v) is 5.30. The normalized spacial score (nSPS) is 14.0. The van der Waals surface area contributed by atoms with Crippen molar-refractivity contribution in [2.24, 2.45) is 0 Å². The Kier molecular flexibility index (Phi) is 7.82. The Morgan fingerprint density at radius 1 is 1.17 bits per heavy atom. The average Bonchev–Trinajstić information content (AvgIpc) is 2.78. The summed E-state index contributed by atoms with van der Waals surface area (Å²) < 4.78 is 11.7. The van der Waals surface area contributed by atoms with Crippen molar-refractivity contribution in [1.29, 1.82) is 5.26 Å². The van der Waals surface area contributed by atoms with Crippen molar-refractivity contribution >= 4 is 46.2 Å². The van der Waals surface area contributed by atoms with Crippen LogP contribution in [0.15, 0.2) is 54.1 Å². The molecule has 30 heavy (non-hydrogen) atoms. The smallest absolute Gasteiger partial charge is 0.264 e. The quantitative estimate of drug-likeness (QED) is 0.362. The van der Waals surface area contributed by atoms with Gasteiger partial charge in [-0.1, -0.05) is 24.3 Å². The topological polar surface area (TPSA) is 91.7 Å². The van der Waals surface area contributed by atoms with Gasteiger partial charge in [-0.3, -0.25) is 9.59 Å². The van der Waals surface area contributed by atoms with Crippen LogP contribution < -0.4 is 10.1 Å². The van der Waals surface area contributed by atoms with Crippen molar-refractivity contribution in [1.82, 2.24) is 4.90 Å². The molecule has 3 rings (SSSR count). The van der Waals surface area contributed by atoms with Gasteiger partial charge in [0.05, 0.1) is 18.9 Å². The van der Waals surface area contributed by atoms with Crippen molar-refractivity contribution in [2.45, 2.75) is 0 Å². The largest absolute Gasteiger partial charge is 0.484 e. The minimum Gasteiger partial charge on any atom is -0.484 e. The number of nitrogens with one attached hydrogen (secondary N) is 1. The molecule has 7 nitrogen and oxygen atoms in total. The highest BCUT2D eigenvalue weighted by Crippen LogP contribution is 2.18. The van der Waals surface area contributed by atoms with Gasteiger partial charge in [0.25, 0.3) is 11.8 Å². The zero-order valence-corrected chi connectivity index (χ0v) is 18.3. The second-order valence-corrected chi connectivity index (χ2v) is 7.62. The molecule has 0 saturated carbocycles. The number of nitriles is 1. The third kappa shape index (κ3) is 6.05. The number of ether oxygens (including phenoxy) is 2. The highest BCUT2D eigenvalue weighted by Gasteiger charge is 2.20. The number of nitrogens with zero attached hydrogens (tertiary/aromatic N) is 2. The lowest BCUT2D eigenvalue weighted by atomic mass is 10.1. The van der Waals surface area contributed by atoms with Gasteiger partial charge in [0, 0.05) is 16.7 Å². The maximum Gasteiger partial charge on any atom is 0.264 e. The van der Waals surface area contributed by atoms with Crippen LogP contribution in [-0.2, 0) is 14.3 Å². The third-order valence-electron chi connectivity index (χ3n) is 4.36. The molecule has 1 heterocycles. The van der Waals surface area contributed by atoms with Crippen LogP contribution >= 0.6 is 22.6 Å². The Bertz CT molecular complexity index is 977. The summed E-state index contributed by atoms with van der Waals surface area (Å²) in [4.78, 5) is 26.2. The van der Waals surface area contributed by atoms with Crippen LogP contribution in [0.1, 0.15) is 5.56 Å². The molecule has 0 radical (unpaired) electrons. The molecular formula is C22H20IN3O4. The van der Waals surface area contributed by atoms with Crippen LogP contribution in [0.4, 0.5) is 5.69 Å². The monoisotopic (exact) mass is 517 g/mol. The van der Waals surface area contributed by atoms with Crippen LogP contribution in [-0.4, -0.2) is 49.6 Å². The van der Waals surface area contributed by atoms with E-state index in [2.05, 4.69) is 27.9 Å². The average molecular weight is 517 g/mol. The molecule has 0 spiro atoms. The van der Waals surface area contributed by atoms with Crippen LogP contribution in [0.3, 0.4) is 0 Å².